The van der Waals surface area contributed by atoms with Crippen molar-refractivity contribution in [3.63, 3.8) is 0 Å². The molecule has 0 radical (unpaired) electrons. The zero-order valence-electron chi connectivity index (χ0n) is 13.0. The largest absolute Gasteiger partial charge is 0.389 e. The fourth-order valence-corrected chi connectivity index (χ4v) is 2.73. The molecule has 0 unspecified atom stereocenters. The van der Waals surface area contributed by atoms with Crippen LogP contribution in [0.5, 0.6) is 0 Å². The highest BCUT2D eigenvalue weighted by molar-refractivity contribution is 7.80. The fraction of sp³-hybridized carbons (Fsp3) is 0.625. The Balaban J connectivity index is 2.53. The Morgan fingerprint density at radius 1 is 1.40 bits per heavy atom. The first kappa shape index (κ1) is 15.2. The van der Waals surface area contributed by atoms with Gasteiger partial charge in [-0.2, -0.15) is 0 Å². The molecule has 0 aromatic carbocycles. The smallest absolute Gasteiger partial charge is 0.139 e. The minimum Gasteiger partial charge on any atom is -0.389 e. The van der Waals surface area contributed by atoms with Crippen LogP contribution >= 0.6 is 12.2 Å². The number of nitrogens with zero attached hydrogens (tertiary/aromatic N) is 2. The van der Waals surface area contributed by atoms with Gasteiger partial charge in [-0.05, 0) is 57.6 Å². The Morgan fingerprint density at radius 3 is 2.65 bits per heavy atom. The Labute approximate surface area is 127 Å². The molecule has 0 spiro atoms. The van der Waals surface area contributed by atoms with E-state index in [2.05, 4.69) is 38.8 Å². The second-order valence-corrected chi connectivity index (χ2v) is 6.70. The van der Waals surface area contributed by atoms with Gasteiger partial charge in [-0.3, -0.25) is 0 Å². The van der Waals surface area contributed by atoms with Crippen molar-refractivity contribution in [3.05, 3.63) is 22.9 Å². The normalized spacial score (nSPS) is 14.8. The van der Waals surface area contributed by atoms with Crippen LogP contribution < -0.4 is 10.6 Å². The standard InChI is InChI=1S/C16H25N3S/c1-5-16(2,3)19(4)15-12(14(17)20)10-11-8-6-7-9-13(11)18-15/h10H,5-9H2,1-4H3,(H2,17,20). The van der Waals surface area contributed by atoms with Crippen molar-refractivity contribution < 1.29 is 0 Å². The summed E-state index contributed by atoms with van der Waals surface area (Å²) in [4.78, 5) is 7.57. The van der Waals surface area contributed by atoms with Gasteiger partial charge in [0.25, 0.3) is 0 Å². The maximum absolute atomic E-state index is 5.94. The number of thiocarbonyl (C=S) groups is 1. The molecule has 20 heavy (non-hydrogen) atoms. The summed E-state index contributed by atoms with van der Waals surface area (Å²) >= 11 is 5.24. The molecule has 1 aliphatic carbocycles. The second-order valence-electron chi connectivity index (χ2n) is 6.26. The van der Waals surface area contributed by atoms with Crippen molar-refractivity contribution in [3.8, 4) is 0 Å². The van der Waals surface area contributed by atoms with Crippen LogP contribution in [-0.2, 0) is 12.8 Å². The maximum Gasteiger partial charge on any atom is 0.139 e. The van der Waals surface area contributed by atoms with Crippen LogP contribution in [0.3, 0.4) is 0 Å². The monoisotopic (exact) mass is 291 g/mol. The van der Waals surface area contributed by atoms with Crippen LogP contribution in [0.2, 0.25) is 0 Å². The van der Waals surface area contributed by atoms with E-state index in [9.17, 15) is 0 Å². The predicted molar refractivity (Wildman–Crippen MR) is 89.5 cm³/mol. The molecule has 0 atom stereocenters. The van der Waals surface area contributed by atoms with E-state index in [0.717, 1.165) is 30.6 Å². The Morgan fingerprint density at radius 2 is 2.05 bits per heavy atom. The van der Waals surface area contributed by atoms with Gasteiger partial charge in [-0.1, -0.05) is 19.1 Å². The third-order valence-corrected chi connectivity index (χ3v) is 4.86. The average Bonchev–Trinajstić information content (AvgIpc) is 2.44. The third-order valence-electron chi connectivity index (χ3n) is 4.64. The summed E-state index contributed by atoms with van der Waals surface area (Å²) in [6.07, 6.45) is 5.67. The van der Waals surface area contributed by atoms with E-state index in [1.54, 1.807) is 0 Å². The summed E-state index contributed by atoms with van der Waals surface area (Å²) in [6.45, 7) is 6.63. The van der Waals surface area contributed by atoms with Crippen LogP contribution in [-0.4, -0.2) is 22.6 Å². The van der Waals surface area contributed by atoms with Crippen molar-refractivity contribution in [1.29, 1.82) is 0 Å². The van der Waals surface area contributed by atoms with Crippen molar-refractivity contribution in [2.45, 2.75) is 58.4 Å². The topological polar surface area (TPSA) is 42.2 Å². The van der Waals surface area contributed by atoms with Gasteiger partial charge < -0.3 is 10.6 Å². The number of hydrogen-bond donors (Lipinski definition) is 1. The highest BCUT2D eigenvalue weighted by atomic mass is 32.1. The molecular formula is C16H25N3S. The summed E-state index contributed by atoms with van der Waals surface area (Å²) in [5, 5.41) is 0. The zero-order chi connectivity index (χ0) is 14.9. The number of pyridine rings is 1. The van der Waals surface area contributed by atoms with Crippen LogP contribution in [0.1, 0.15) is 56.9 Å². The molecule has 0 aliphatic heterocycles. The molecule has 2 rings (SSSR count). The van der Waals surface area contributed by atoms with Gasteiger partial charge >= 0.3 is 0 Å². The third kappa shape index (κ3) is 2.80. The predicted octanol–water partition coefficient (Wildman–Crippen LogP) is 3.22. The highest BCUT2D eigenvalue weighted by Crippen LogP contribution is 2.30. The van der Waals surface area contributed by atoms with Gasteiger partial charge in [0.05, 0.1) is 5.56 Å². The molecule has 3 nitrogen and oxygen atoms in total. The van der Waals surface area contributed by atoms with Crippen LogP contribution in [0.15, 0.2) is 6.07 Å². The van der Waals surface area contributed by atoms with E-state index < -0.39 is 0 Å². The second kappa shape index (κ2) is 5.68. The maximum atomic E-state index is 5.94. The van der Waals surface area contributed by atoms with E-state index >= 15 is 0 Å². The van der Waals surface area contributed by atoms with Crippen molar-refractivity contribution in [2.75, 3.05) is 11.9 Å². The first-order valence-corrected chi connectivity index (χ1v) is 7.84. The minimum atomic E-state index is 0.0371. The van der Waals surface area contributed by atoms with Gasteiger partial charge in [0.1, 0.15) is 10.8 Å². The molecule has 0 saturated carbocycles. The lowest BCUT2D eigenvalue weighted by atomic mass is 9.93. The van der Waals surface area contributed by atoms with Gasteiger partial charge in [0.2, 0.25) is 0 Å². The van der Waals surface area contributed by atoms with Crippen LogP contribution in [0.25, 0.3) is 0 Å². The van der Waals surface area contributed by atoms with Gasteiger partial charge in [0, 0.05) is 18.3 Å². The summed E-state index contributed by atoms with van der Waals surface area (Å²) in [5.41, 5.74) is 9.44. The summed E-state index contributed by atoms with van der Waals surface area (Å²) in [5.74, 6) is 0.935. The van der Waals surface area contributed by atoms with Gasteiger partial charge in [0.15, 0.2) is 0 Å². The van der Waals surface area contributed by atoms with Crippen LogP contribution in [0, 0.1) is 0 Å². The number of hydrogen-bond acceptors (Lipinski definition) is 3. The number of fused-ring (bicyclic) bond motifs is 1. The average molecular weight is 291 g/mol. The summed E-state index contributed by atoms with van der Waals surface area (Å²) < 4.78 is 0. The molecule has 1 heterocycles. The van der Waals surface area contributed by atoms with Crippen molar-refractivity contribution >= 4 is 23.0 Å². The molecular weight excluding hydrogens is 266 g/mol. The number of aryl methyl sites for hydroxylation is 2. The first-order chi connectivity index (χ1) is 9.36. The van der Waals surface area contributed by atoms with Gasteiger partial charge in [-0.25, -0.2) is 4.98 Å². The Hall–Kier alpha value is -1.16. The van der Waals surface area contributed by atoms with E-state index in [4.69, 9.17) is 22.9 Å². The van der Waals surface area contributed by atoms with Gasteiger partial charge in [-0.15, -0.1) is 0 Å². The SMILES string of the molecule is CCC(C)(C)N(C)c1nc2c(cc1C(N)=S)CCCC2. The summed E-state index contributed by atoms with van der Waals surface area (Å²) in [7, 11) is 2.09. The fourth-order valence-electron chi connectivity index (χ4n) is 2.58. The number of aromatic nitrogens is 1. The molecule has 0 amide bonds. The molecule has 1 aliphatic rings. The minimum absolute atomic E-state index is 0.0371. The van der Waals surface area contributed by atoms with E-state index in [1.807, 2.05) is 0 Å². The first-order valence-electron chi connectivity index (χ1n) is 7.43. The lowest BCUT2D eigenvalue weighted by molar-refractivity contribution is 0.466. The quantitative estimate of drug-likeness (QED) is 0.865. The number of rotatable bonds is 4. The molecule has 1 aromatic heterocycles. The zero-order valence-corrected chi connectivity index (χ0v) is 13.8. The molecule has 4 heteroatoms. The molecule has 0 bridgehead atoms. The highest BCUT2D eigenvalue weighted by Gasteiger charge is 2.26. The molecule has 2 N–H and O–H groups in total. The van der Waals surface area contributed by atoms with Crippen molar-refractivity contribution in [1.82, 2.24) is 4.98 Å². The Kier molecular flexibility index (Phi) is 4.33. The molecule has 0 saturated heterocycles. The lowest BCUT2D eigenvalue weighted by Gasteiger charge is -2.37. The number of nitrogens with two attached hydrogens (primary N) is 1. The van der Waals surface area contributed by atoms with Crippen molar-refractivity contribution in [2.24, 2.45) is 5.73 Å². The van der Waals surface area contributed by atoms with Crippen LogP contribution in [0.4, 0.5) is 5.82 Å². The molecule has 1 aromatic rings. The van der Waals surface area contributed by atoms with E-state index in [-0.39, 0.29) is 5.54 Å². The Bertz CT molecular complexity index is 523. The lowest BCUT2D eigenvalue weighted by Crippen LogP contribution is -2.42. The number of anilines is 1. The summed E-state index contributed by atoms with van der Waals surface area (Å²) in [6, 6.07) is 2.17. The molecule has 0 fully saturated rings. The van der Waals surface area contributed by atoms with E-state index in [0.29, 0.717) is 4.99 Å². The molecule has 110 valence electrons. The van der Waals surface area contributed by atoms with E-state index in [1.165, 1.54) is 24.1 Å².